The van der Waals surface area contributed by atoms with Crippen molar-refractivity contribution in [2.24, 2.45) is 11.7 Å². The Hall–Kier alpha value is -0.120. The second-order valence-corrected chi connectivity index (χ2v) is 3.59. The fraction of sp³-hybridized carbons (Fsp3) is 1.00. The zero-order chi connectivity index (χ0) is 9.14. The van der Waals surface area contributed by atoms with Crippen LogP contribution in [-0.2, 0) is 4.74 Å². The molecule has 0 aromatic rings. The molecule has 0 amide bonds. The largest absolute Gasteiger partial charge is 0.391 e. The number of aliphatic hydroxyl groups excluding tert-OH is 1. The van der Waals surface area contributed by atoms with Gasteiger partial charge < -0.3 is 15.6 Å². The predicted molar refractivity (Wildman–Crippen MR) is 47.8 cm³/mol. The highest BCUT2D eigenvalue weighted by Crippen LogP contribution is 2.25. The van der Waals surface area contributed by atoms with Gasteiger partial charge in [0.2, 0.25) is 0 Å². The van der Waals surface area contributed by atoms with Crippen molar-refractivity contribution >= 4 is 0 Å². The van der Waals surface area contributed by atoms with Crippen LogP contribution in [0, 0.1) is 5.92 Å². The summed E-state index contributed by atoms with van der Waals surface area (Å²) in [4.78, 5) is 0. The Bertz CT molecular complexity index is 140. The van der Waals surface area contributed by atoms with Crippen LogP contribution in [0.15, 0.2) is 0 Å². The molecule has 0 saturated carbocycles. The number of hydrogen-bond acceptors (Lipinski definition) is 3. The van der Waals surface area contributed by atoms with Gasteiger partial charge in [-0.25, -0.2) is 0 Å². The first-order valence-electron chi connectivity index (χ1n) is 4.72. The van der Waals surface area contributed by atoms with E-state index in [0.29, 0.717) is 0 Å². The Labute approximate surface area is 73.9 Å². The van der Waals surface area contributed by atoms with Crippen LogP contribution in [0.2, 0.25) is 0 Å². The number of nitrogens with two attached hydrogens (primary N) is 1. The van der Waals surface area contributed by atoms with Gasteiger partial charge in [0.15, 0.2) is 0 Å². The summed E-state index contributed by atoms with van der Waals surface area (Å²) in [7, 11) is 0. The number of ether oxygens (including phenoxy) is 1. The molecule has 1 saturated heterocycles. The molecule has 3 N–H and O–H groups in total. The molecule has 3 heteroatoms. The van der Waals surface area contributed by atoms with Gasteiger partial charge in [-0.3, -0.25) is 0 Å². The van der Waals surface area contributed by atoms with Crippen LogP contribution in [0.5, 0.6) is 0 Å². The summed E-state index contributed by atoms with van der Waals surface area (Å²) in [6.45, 7) is 4.76. The summed E-state index contributed by atoms with van der Waals surface area (Å²) < 4.78 is 5.37. The second kappa shape index (κ2) is 4.21. The minimum atomic E-state index is -0.396. The lowest BCUT2D eigenvalue weighted by Gasteiger charge is -2.25. The standard InChI is InChI=1S/C9H19NO2/c1-3-8(10)9(11)7-4-5-12-6(7)2/h6-9,11H,3-5,10H2,1-2H3/t6-,7+,8-,9?/m0/s1. The molecule has 12 heavy (non-hydrogen) atoms. The maximum Gasteiger partial charge on any atom is 0.0744 e. The van der Waals surface area contributed by atoms with Crippen LogP contribution in [0.25, 0.3) is 0 Å². The average molecular weight is 173 g/mol. The molecule has 1 heterocycles. The summed E-state index contributed by atoms with van der Waals surface area (Å²) in [6, 6.07) is -0.0980. The van der Waals surface area contributed by atoms with Gasteiger partial charge in [-0.1, -0.05) is 6.92 Å². The summed E-state index contributed by atoms with van der Waals surface area (Å²) in [5.74, 6) is 0.236. The van der Waals surface area contributed by atoms with Gasteiger partial charge in [0.05, 0.1) is 12.2 Å². The van der Waals surface area contributed by atoms with Crippen molar-refractivity contribution in [2.45, 2.75) is 44.9 Å². The molecule has 0 aromatic heterocycles. The maximum atomic E-state index is 9.78. The Morgan fingerprint density at radius 3 is 2.75 bits per heavy atom. The topological polar surface area (TPSA) is 55.5 Å². The van der Waals surface area contributed by atoms with Crippen LogP contribution in [0.4, 0.5) is 0 Å². The zero-order valence-corrected chi connectivity index (χ0v) is 7.86. The molecule has 3 nitrogen and oxygen atoms in total. The molecule has 1 unspecified atom stereocenters. The molecule has 0 aliphatic carbocycles. The first kappa shape index (κ1) is 9.96. The van der Waals surface area contributed by atoms with Crippen LogP contribution < -0.4 is 5.73 Å². The summed E-state index contributed by atoms with van der Waals surface area (Å²) in [5.41, 5.74) is 5.75. The van der Waals surface area contributed by atoms with Gasteiger partial charge in [-0.15, -0.1) is 0 Å². The van der Waals surface area contributed by atoms with E-state index in [1.165, 1.54) is 0 Å². The smallest absolute Gasteiger partial charge is 0.0744 e. The minimum Gasteiger partial charge on any atom is -0.391 e. The van der Waals surface area contributed by atoms with E-state index in [2.05, 4.69) is 0 Å². The third-order valence-corrected chi connectivity index (χ3v) is 2.78. The van der Waals surface area contributed by atoms with Crippen molar-refractivity contribution in [1.82, 2.24) is 0 Å². The Balaban J connectivity index is 2.45. The lowest BCUT2D eigenvalue weighted by molar-refractivity contribution is 0.0298. The first-order valence-corrected chi connectivity index (χ1v) is 4.72. The summed E-state index contributed by atoms with van der Waals surface area (Å²) in [6.07, 6.45) is 1.53. The van der Waals surface area contributed by atoms with E-state index in [4.69, 9.17) is 10.5 Å². The fourth-order valence-corrected chi connectivity index (χ4v) is 1.76. The second-order valence-electron chi connectivity index (χ2n) is 3.59. The summed E-state index contributed by atoms with van der Waals surface area (Å²) >= 11 is 0. The lowest BCUT2D eigenvalue weighted by Crippen LogP contribution is -2.41. The minimum absolute atomic E-state index is 0.0980. The average Bonchev–Trinajstić information content (AvgIpc) is 2.48. The van der Waals surface area contributed by atoms with Gasteiger partial charge in [0.1, 0.15) is 0 Å². The third-order valence-electron chi connectivity index (χ3n) is 2.78. The van der Waals surface area contributed by atoms with E-state index in [9.17, 15) is 5.11 Å². The number of aliphatic hydroxyl groups is 1. The van der Waals surface area contributed by atoms with Gasteiger partial charge in [0.25, 0.3) is 0 Å². The quantitative estimate of drug-likeness (QED) is 0.654. The molecule has 1 rings (SSSR count). The molecular weight excluding hydrogens is 154 g/mol. The molecule has 4 atom stereocenters. The molecule has 0 bridgehead atoms. The number of rotatable bonds is 3. The zero-order valence-electron chi connectivity index (χ0n) is 7.86. The third kappa shape index (κ3) is 1.97. The molecule has 72 valence electrons. The monoisotopic (exact) mass is 173 g/mol. The van der Waals surface area contributed by atoms with Gasteiger partial charge in [0, 0.05) is 18.6 Å². The predicted octanol–water partition coefficient (Wildman–Crippen LogP) is 0.510. The molecule has 0 radical (unpaired) electrons. The van der Waals surface area contributed by atoms with Crippen LogP contribution >= 0.6 is 0 Å². The van der Waals surface area contributed by atoms with Crippen molar-refractivity contribution in [3.05, 3.63) is 0 Å². The van der Waals surface area contributed by atoms with E-state index in [1.807, 2.05) is 13.8 Å². The van der Waals surface area contributed by atoms with Gasteiger partial charge >= 0.3 is 0 Å². The summed E-state index contributed by atoms with van der Waals surface area (Å²) in [5, 5.41) is 9.78. The fourth-order valence-electron chi connectivity index (χ4n) is 1.76. The highest BCUT2D eigenvalue weighted by molar-refractivity contribution is 4.84. The van der Waals surface area contributed by atoms with Crippen LogP contribution in [-0.4, -0.2) is 30.0 Å². The van der Waals surface area contributed by atoms with Crippen LogP contribution in [0.1, 0.15) is 26.7 Å². The maximum absolute atomic E-state index is 9.78. The van der Waals surface area contributed by atoms with Gasteiger partial charge in [-0.2, -0.15) is 0 Å². The van der Waals surface area contributed by atoms with Crippen molar-refractivity contribution in [3.63, 3.8) is 0 Å². The van der Waals surface area contributed by atoms with Crippen molar-refractivity contribution in [2.75, 3.05) is 6.61 Å². The molecule has 1 aliphatic heterocycles. The normalized spacial score (nSPS) is 35.0. The molecule has 0 spiro atoms. The number of hydrogen-bond donors (Lipinski definition) is 2. The Kier molecular flexibility index (Phi) is 3.50. The van der Waals surface area contributed by atoms with E-state index in [0.717, 1.165) is 19.4 Å². The highest BCUT2D eigenvalue weighted by Gasteiger charge is 2.33. The first-order chi connectivity index (χ1) is 5.66. The SMILES string of the molecule is CC[C@H](N)C(O)[C@@H]1CCO[C@H]1C. The van der Waals surface area contributed by atoms with E-state index in [1.54, 1.807) is 0 Å². The molecule has 1 aliphatic rings. The van der Waals surface area contributed by atoms with Crippen LogP contribution in [0.3, 0.4) is 0 Å². The van der Waals surface area contributed by atoms with Crippen molar-refractivity contribution in [1.29, 1.82) is 0 Å². The molecule has 1 fully saturated rings. The van der Waals surface area contributed by atoms with E-state index < -0.39 is 6.10 Å². The van der Waals surface area contributed by atoms with E-state index >= 15 is 0 Å². The highest BCUT2D eigenvalue weighted by atomic mass is 16.5. The lowest BCUT2D eigenvalue weighted by atomic mass is 9.90. The Morgan fingerprint density at radius 2 is 2.33 bits per heavy atom. The van der Waals surface area contributed by atoms with E-state index in [-0.39, 0.29) is 18.1 Å². The molecular formula is C9H19NO2. The molecule has 0 aromatic carbocycles. The van der Waals surface area contributed by atoms with Crippen molar-refractivity contribution < 1.29 is 9.84 Å². The van der Waals surface area contributed by atoms with Gasteiger partial charge in [-0.05, 0) is 19.8 Å². The van der Waals surface area contributed by atoms with Crippen molar-refractivity contribution in [3.8, 4) is 0 Å². The Morgan fingerprint density at radius 1 is 1.67 bits per heavy atom.